The minimum Gasteiger partial charge on any atom is -0.148 e. The summed E-state index contributed by atoms with van der Waals surface area (Å²) >= 11 is 11.4. The molecule has 0 N–H and O–H groups in total. The predicted octanol–water partition coefficient (Wildman–Crippen LogP) is 5.10. The van der Waals surface area contributed by atoms with Crippen LogP contribution >= 0.6 is 38.9 Å². The fraction of sp³-hybridized carbons (Fsp3) is 0.667. The fourth-order valence-electron chi connectivity index (χ4n) is 2.50. The highest BCUT2D eigenvalue weighted by Gasteiger charge is 2.24. The third-order valence-corrected chi connectivity index (χ3v) is 5.47. The SMILES string of the molecule is ClCC(Cc1cc(Br)cs1)C1CCCC1. The van der Waals surface area contributed by atoms with Crippen molar-refractivity contribution in [1.82, 2.24) is 0 Å². The number of hydrogen-bond acceptors (Lipinski definition) is 1. The van der Waals surface area contributed by atoms with E-state index in [1.807, 2.05) is 11.3 Å². The van der Waals surface area contributed by atoms with Crippen molar-refractivity contribution in [3.05, 3.63) is 20.8 Å². The molecular formula is C12H16BrClS. The smallest absolute Gasteiger partial charge is 0.0285 e. The van der Waals surface area contributed by atoms with Gasteiger partial charge in [-0.05, 0) is 40.3 Å². The highest BCUT2D eigenvalue weighted by Crippen LogP contribution is 2.35. The lowest BCUT2D eigenvalue weighted by Crippen LogP contribution is -2.15. The second-order valence-corrected chi connectivity index (χ2v) is 6.61. The molecular weight excluding hydrogens is 292 g/mol. The van der Waals surface area contributed by atoms with Gasteiger partial charge in [0.05, 0.1) is 0 Å². The lowest BCUT2D eigenvalue weighted by molar-refractivity contribution is 0.371. The predicted molar refractivity (Wildman–Crippen MR) is 71.9 cm³/mol. The third-order valence-electron chi connectivity index (χ3n) is 3.35. The maximum atomic E-state index is 6.10. The number of alkyl halides is 1. The van der Waals surface area contributed by atoms with Crippen molar-refractivity contribution in [2.24, 2.45) is 11.8 Å². The normalized spacial score (nSPS) is 19.6. The number of halogens is 2. The Balaban J connectivity index is 1.95. The van der Waals surface area contributed by atoms with Gasteiger partial charge in [-0.15, -0.1) is 22.9 Å². The van der Waals surface area contributed by atoms with E-state index in [-0.39, 0.29) is 0 Å². The monoisotopic (exact) mass is 306 g/mol. The molecule has 0 spiro atoms. The summed E-state index contributed by atoms with van der Waals surface area (Å²) in [6, 6.07) is 2.24. The molecule has 0 bridgehead atoms. The Morgan fingerprint density at radius 2 is 2.20 bits per heavy atom. The number of thiophene rings is 1. The van der Waals surface area contributed by atoms with Crippen LogP contribution in [0.1, 0.15) is 30.6 Å². The quantitative estimate of drug-likeness (QED) is 0.679. The first-order chi connectivity index (χ1) is 7.29. The molecule has 0 amide bonds. The van der Waals surface area contributed by atoms with E-state index in [1.165, 1.54) is 41.5 Å². The van der Waals surface area contributed by atoms with Crippen molar-refractivity contribution >= 4 is 38.9 Å². The fourth-order valence-corrected chi connectivity index (χ4v) is 4.40. The molecule has 15 heavy (non-hydrogen) atoms. The van der Waals surface area contributed by atoms with E-state index in [0.29, 0.717) is 5.92 Å². The molecule has 1 unspecified atom stereocenters. The van der Waals surface area contributed by atoms with Crippen molar-refractivity contribution in [3.8, 4) is 0 Å². The van der Waals surface area contributed by atoms with Crippen LogP contribution < -0.4 is 0 Å². The van der Waals surface area contributed by atoms with Crippen LogP contribution in [0.2, 0.25) is 0 Å². The molecule has 1 aromatic heterocycles. The van der Waals surface area contributed by atoms with Gasteiger partial charge in [-0.3, -0.25) is 0 Å². The summed E-state index contributed by atoms with van der Waals surface area (Å²) in [5.41, 5.74) is 0. The molecule has 1 heterocycles. The summed E-state index contributed by atoms with van der Waals surface area (Å²) in [6.07, 6.45) is 6.77. The Morgan fingerprint density at radius 3 is 2.73 bits per heavy atom. The first kappa shape index (κ1) is 11.9. The summed E-state index contributed by atoms with van der Waals surface area (Å²) < 4.78 is 1.21. The molecule has 1 aliphatic carbocycles. The van der Waals surface area contributed by atoms with Crippen LogP contribution in [-0.2, 0) is 6.42 Å². The van der Waals surface area contributed by atoms with E-state index in [4.69, 9.17) is 11.6 Å². The van der Waals surface area contributed by atoms with Gasteiger partial charge in [-0.25, -0.2) is 0 Å². The summed E-state index contributed by atoms with van der Waals surface area (Å²) in [5.74, 6) is 2.39. The third kappa shape index (κ3) is 3.21. The molecule has 1 aromatic rings. The summed E-state index contributed by atoms with van der Waals surface area (Å²) in [4.78, 5) is 1.47. The Bertz CT molecular complexity index is 304. The molecule has 0 radical (unpaired) electrons. The Hall–Kier alpha value is 0.470. The molecule has 0 aromatic carbocycles. The maximum absolute atomic E-state index is 6.10. The van der Waals surface area contributed by atoms with Gasteiger partial charge in [0.1, 0.15) is 0 Å². The second-order valence-electron chi connectivity index (χ2n) is 4.39. The molecule has 3 heteroatoms. The van der Waals surface area contributed by atoms with Crippen LogP contribution in [0.5, 0.6) is 0 Å². The molecule has 84 valence electrons. The molecule has 1 atom stereocenters. The molecule has 0 nitrogen and oxygen atoms in total. The minimum atomic E-state index is 0.694. The zero-order valence-corrected chi connectivity index (χ0v) is 11.9. The van der Waals surface area contributed by atoms with Gasteiger partial charge in [-0.2, -0.15) is 0 Å². The summed E-state index contributed by atoms with van der Waals surface area (Å²) in [6.45, 7) is 0. The van der Waals surface area contributed by atoms with Gasteiger partial charge in [-0.1, -0.05) is 25.7 Å². The zero-order chi connectivity index (χ0) is 10.7. The average Bonchev–Trinajstić information content (AvgIpc) is 2.85. The van der Waals surface area contributed by atoms with Crippen LogP contribution in [0.3, 0.4) is 0 Å². The molecule has 1 aliphatic rings. The molecule has 2 rings (SSSR count). The number of rotatable bonds is 4. The van der Waals surface area contributed by atoms with E-state index in [9.17, 15) is 0 Å². The molecule has 1 saturated carbocycles. The lowest BCUT2D eigenvalue weighted by Gasteiger charge is -2.20. The summed E-state index contributed by atoms with van der Waals surface area (Å²) in [7, 11) is 0. The van der Waals surface area contributed by atoms with Gasteiger partial charge in [0.15, 0.2) is 0 Å². The van der Waals surface area contributed by atoms with Crippen molar-refractivity contribution < 1.29 is 0 Å². The Labute approximate surface area is 109 Å². The van der Waals surface area contributed by atoms with E-state index in [0.717, 1.165) is 11.8 Å². The topological polar surface area (TPSA) is 0 Å². The Kier molecular flexibility index (Phi) is 4.53. The van der Waals surface area contributed by atoms with E-state index >= 15 is 0 Å². The van der Waals surface area contributed by atoms with Gasteiger partial charge in [0, 0.05) is 20.6 Å². The van der Waals surface area contributed by atoms with Gasteiger partial charge >= 0.3 is 0 Å². The molecule has 1 fully saturated rings. The van der Waals surface area contributed by atoms with Crippen molar-refractivity contribution in [1.29, 1.82) is 0 Å². The molecule has 0 aliphatic heterocycles. The van der Waals surface area contributed by atoms with Crippen LogP contribution in [0.15, 0.2) is 15.9 Å². The van der Waals surface area contributed by atoms with Crippen LogP contribution in [0.4, 0.5) is 0 Å². The van der Waals surface area contributed by atoms with Gasteiger partial charge < -0.3 is 0 Å². The highest BCUT2D eigenvalue weighted by atomic mass is 79.9. The average molecular weight is 308 g/mol. The van der Waals surface area contributed by atoms with Crippen LogP contribution in [0.25, 0.3) is 0 Å². The lowest BCUT2D eigenvalue weighted by atomic mass is 9.89. The standard InChI is InChI=1S/C12H16BrClS/c13-11-6-12(15-8-11)5-10(7-14)9-3-1-2-4-9/h6,8-10H,1-5,7H2. The zero-order valence-electron chi connectivity index (χ0n) is 8.72. The van der Waals surface area contributed by atoms with Gasteiger partial charge in [0.2, 0.25) is 0 Å². The Morgan fingerprint density at radius 1 is 1.47 bits per heavy atom. The van der Waals surface area contributed by atoms with Gasteiger partial charge in [0.25, 0.3) is 0 Å². The van der Waals surface area contributed by atoms with E-state index < -0.39 is 0 Å². The van der Waals surface area contributed by atoms with Crippen molar-refractivity contribution in [2.75, 3.05) is 5.88 Å². The first-order valence-corrected chi connectivity index (χ1v) is 7.79. The first-order valence-electron chi connectivity index (χ1n) is 5.58. The maximum Gasteiger partial charge on any atom is 0.0285 e. The van der Waals surface area contributed by atoms with Crippen molar-refractivity contribution in [3.63, 3.8) is 0 Å². The van der Waals surface area contributed by atoms with Crippen LogP contribution in [-0.4, -0.2) is 5.88 Å². The van der Waals surface area contributed by atoms with Crippen LogP contribution in [0, 0.1) is 11.8 Å². The largest absolute Gasteiger partial charge is 0.148 e. The van der Waals surface area contributed by atoms with Crippen molar-refractivity contribution in [2.45, 2.75) is 32.1 Å². The second kappa shape index (κ2) is 5.70. The van der Waals surface area contributed by atoms with E-state index in [2.05, 4.69) is 27.4 Å². The molecule has 0 saturated heterocycles. The van der Waals surface area contributed by atoms with E-state index in [1.54, 1.807) is 0 Å². The summed E-state index contributed by atoms with van der Waals surface area (Å²) in [5, 5.41) is 2.16. The highest BCUT2D eigenvalue weighted by molar-refractivity contribution is 9.10. The minimum absolute atomic E-state index is 0.694. The number of hydrogen-bond donors (Lipinski definition) is 0.